The van der Waals surface area contributed by atoms with E-state index in [0.717, 1.165) is 16.9 Å². The van der Waals surface area contributed by atoms with E-state index >= 15 is 0 Å². The first kappa shape index (κ1) is 20.9. The van der Waals surface area contributed by atoms with Crippen LogP contribution in [0.15, 0.2) is 24.3 Å². The molecule has 1 aliphatic heterocycles. The molecule has 0 saturated carbocycles. The number of nitrogens with zero attached hydrogens (tertiary/aromatic N) is 1. The molecular weight excluding hydrogens is 342 g/mol. The molecule has 1 aromatic rings. The van der Waals surface area contributed by atoms with E-state index in [9.17, 15) is 14.4 Å². The number of benzene rings is 1. The highest BCUT2D eigenvalue weighted by molar-refractivity contribution is 6.09. The third-order valence-electron chi connectivity index (χ3n) is 5.48. The predicted octanol–water partition coefficient (Wildman–Crippen LogP) is 3.17. The first-order chi connectivity index (χ1) is 12.8. The third kappa shape index (κ3) is 4.31. The Morgan fingerprint density at radius 3 is 2.15 bits per heavy atom. The van der Waals surface area contributed by atoms with Crippen LogP contribution >= 0.6 is 0 Å². The summed E-state index contributed by atoms with van der Waals surface area (Å²) < 4.78 is 0. The number of carbonyl (C=O) groups excluding carboxylic acids is 3. The van der Waals surface area contributed by atoms with Crippen LogP contribution in [0.1, 0.15) is 64.6 Å². The maximum Gasteiger partial charge on any atom is 0.325 e. The van der Waals surface area contributed by atoms with Gasteiger partial charge in [-0.3, -0.25) is 14.5 Å². The summed E-state index contributed by atoms with van der Waals surface area (Å²) in [5.74, 6) is -0.476. The average Bonchev–Trinajstić information content (AvgIpc) is 2.90. The summed E-state index contributed by atoms with van der Waals surface area (Å²) in [6, 6.07) is 7.50. The second kappa shape index (κ2) is 8.55. The molecule has 1 fully saturated rings. The van der Waals surface area contributed by atoms with Crippen LogP contribution in [0.25, 0.3) is 0 Å². The zero-order valence-corrected chi connectivity index (χ0v) is 17.0. The van der Waals surface area contributed by atoms with Crippen LogP contribution in [0, 0.1) is 5.92 Å². The second-order valence-corrected chi connectivity index (χ2v) is 7.50. The summed E-state index contributed by atoms with van der Waals surface area (Å²) >= 11 is 0. The van der Waals surface area contributed by atoms with Crippen LogP contribution in [0.3, 0.4) is 0 Å². The number of hydrogen-bond donors (Lipinski definition) is 2. The van der Waals surface area contributed by atoms with Gasteiger partial charge in [0.15, 0.2) is 0 Å². The Balaban J connectivity index is 2.10. The maximum absolute atomic E-state index is 12.7. The van der Waals surface area contributed by atoms with Gasteiger partial charge in [0.25, 0.3) is 5.91 Å². The highest BCUT2D eigenvalue weighted by Gasteiger charge is 2.49. The molecule has 0 aliphatic carbocycles. The van der Waals surface area contributed by atoms with Crippen LogP contribution in [0.2, 0.25) is 0 Å². The maximum atomic E-state index is 12.7. The topological polar surface area (TPSA) is 78.5 Å². The van der Waals surface area contributed by atoms with Crippen LogP contribution in [-0.2, 0) is 16.0 Å². The highest BCUT2D eigenvalue weighted by Crippen LogP contribution is 2.25. The Labute approximate surface area is 161 Å². The van der Waals surface area contributed by atoms with E-state index < -0.39 is 11.6 Å². The highest BCUT2D eigenvalue weighted by atomic mass is 16.2. The number of nitrogens with one attached hydrogen (secondary N) is 2. The molecule has 148 valence electrons. The van der Waals surface area contributed by atoms with Crippen molar-refractivity contribution in [3.63, 3.8) is 0 Å². The molecule has 0 spiro atoms. The van der Waals surface area contributed by atoms with Crippen LogP contribution in [0.5, 0.6) is 0 Å². The Kier molecular flexibility index (Phi) is 6.63. The lowest BCUT2D eigenvalue weighted by Crippen LogP contribution is -2.47. The quantitative estimate of drug-likeness (QED) is 0.687. The minimum absolute atomic E-state index is 0.175. The van der Waals surface area contributed by atoms with Crippen molar-refractivity contribution in [1.82, 2.24) is 15.5 Å². The monoisotopic (exact) mass is 373 g/mol. The van der Waals surface area contributed by atoms with Crippen molar-refractivity contribution in [3.05, 3.63) is 35.4 Å². The molecular formula is C21H31N3O3. The Bertz CT molecular complexity index is 693. The molecule has 1 unspecified atom stereocenters. The molecule has 2 rings (SSSR count). The van der Waals surface area contributed by atoms with E-state index in [-0.39, 0.29) is 30.3 Å². The summed E-state index contributed by atoms with van der Waals surface area (Å²) in [6.45, 7) is 9.63. The predicted molar refractivity (Wildman–Crippen MR) is 105 cm³/mol. The number of urea groups is 1. The van der Waals surface area contributed by atoms with Crippen molar-refractivity contribution in [2.45, 2.75) is 65.5 Å². The Hall–Kier alpha value is -2.37. The first-order valence-electron chi connectivity index (χ1n) is 9.80. The SMILES string of the molecule is CCc1ccc(C(NC(=O)CN2C(=O)NC(CC)(CC)C2=O)C(C)C)cc1. The normalized spacial score (nSPS) is 17.2. The molecule has 1 aromatic carbocycles. The van der Waals surface area contributed by atoms with Gasteiger partial charge in [-0.25, -0.2) is 4.79 Å². The van der Waals surface area contributed by atoms with Crippen molar-refractivity contribution in [2.75, 3.05) is 6.54 Å². The number of hydrogen-bond acceptors (Lipinski definition) is 3. The van der Waals surface area contributed by atoms with E-state index in [2.05, 4.69) is 29.7 Å². The lowest BCUT2D eigenvalue weighted by molar-refractivity contribution is -0.135. The molecule has 0 radical (unpaired) electrons. The van der Waals surface area contributed by atoms with Crippen LogP contribution in [0.4, 0.5) is 4.79 Å². The van der Waals surface area contributed by atoms with Gasteiger partial charge >= 0.3 is 6.03 Å². The van der Waals surface area contributed by atoms with Gasteiger partial charge in [0, 0.05) is 0 Å². The molecule has 0 bridgehead atoms. The fourth-order valence-corrected chi connectivity index (χ4v) is 3.51. The van der Waals surface area contributed by atoms with Crippen molar-refractivity contribution in [3.8, 4) is 0 Å². The van der Waals surface area contributed by atoms with Gasteiger partial charge in [0.05, 0.1) is 6.04 Å². The van der Waals surface area contributed by atoms with Crippen LogP contribution in [-0.4, -0.2) is 34.8 Å². The summed E-state index contributed by atoms with van der Waals surface area (Å²) in [5.41, 5.74) is 1.37. The number of imide groups is 1. The second-order valence-electron chi connectivity index (χ2n) is 7.50. The van der Waals surface area contributed by atoms with E-state index in [1.54, 1.807) is 0 Å². The van der Waals surface area contributed by atoms with Gasteiger partial charge in [-0.15, -0.1) is 0 Å². The van der Waals surface area contributed by atoms with Crippen molar-refractivity contribution < 1.29 is 14.4 Å². The number of rotatable bonds is 8. The van der Waals surface area contributed by atoms with Gasteiger partial charge in [-0.2, -0.15) is 0 Å². The first-order valence-corrected chi connectivity index (χ1v) is 9.80. The molecule has 6 nitrogen and oxygen atoms in total. The molecule has 27 heavy (non-hydrogen) atoms. The summed E-state index contributed by atoms with van der Waals surface area (Å²) in [5, 5.41) is 5.74. The zero-order chi connectivity index (χ0) is 20.2. The largest absolute Gasteiger partial charge is 0.347 e. The summed E-state index contributed by atoms with van der Waals surface area (Å²) in [6.07, 6.45) is 1.97. The molecule has 0 aromatic heterocycles. The van der Waals surface area contributed by atoms with Crippen LogP contribution < -0.4 is 10.6 Å². The van der Waals surface area contributed by atoms with Crippen molar-refractivity contribution in [1.29, 1.82) is 0 Å². The fraction of sp³-hybridized carbons (Fsp3) is 0.571. The van der Waals surface area contributed by atoms with Crippen molar-refractivity contribution in [2.24, 2.45) is 5.92 Å². The molecule has 4 amide bonds. The van der Waals surface area contributed by atoms with Gasteiger partial charge in [-0.1, -0.05) is 58.9 Å². The molecule has 1 atom stereocenters. The zero-order valence-electron chi connectivity index (χ0n) is 17.0. The molecule has 1 saturated heterocycles. The van der Waals surface area contributed by atoms with E-state index in [4.69, 9.17) is 0 Å². The van der Waals surface area contributed by atoms with Gasteiger partial charge in [0.1, 0.15) is 12.1 Å². The number of aryl methyl sites for hydroxylation is 1. The fourth-order valence-electron chi connectivity index (χ4n) is 3.51. The van der Waals surface area contributed by atoms with E-state index in [0.29, 0.717) is 12.8 Å². The van der Waals surface area contributed by atoms with Crippen molar-refractivity contribution >= 4 is 17.8 Å². The Morgan fingerprint density at radius 2 is 1.70 bits per heavy atom. The Morgan fingerprint density at radius 1 is 1.11 bits per heavy atom. The lowest BCUT2D eigenvalue weighted by Gasteiger charge is -2.25. The molecule has 6 heteroatoms. The third-order valence-corrected chi connectivity index (χ3v) is 5.48. The molecule has 1 aliphatic rings. The van der Waals surface area contributed by atoms with Gasteiger partial charge in [-0.05, 0) is 36.3 Å². The standard InChI is InChI=1S/C21H31N3O3/c1-6-15-9-11-16(12-10-15)18(14(4)5)22-17(25)13-24-19(26)21(7-2,8-3)23-20(24)27/h9-12,14,18H,6-8,13H2,1-5H3,(H,22,25)(H,23,27). The lowest BCUT2D eigenvalue weighted by atomic mass is 9.93. The molecule has 2 N–H and O–H groups in total. The number of amides is 4. The van der Waals surface area contributed by atoms with E-state index in [1.807, 2.05) is 39.8 Å². The average molecular weight is 373 g/mol. The summed E-state index contributed by atoms with van der Waals surface area (Å²) in [7, 11) is 0. The number of carbonyl (C=O) groups is 3. The van der Waals surface area contributed by atoms with Gasteiger partial charge in [0.2, 0.25) is 5.91 Å². The van der Waals surface area contributed by atoms with Gasteiger partial charge < -0.3 is 10.6 Å². The molecule has 1 heterocycles. The minimum atomic E-state index is -0.884. The van der Waals surface area contributed by atoms with E-state index in [1.165, 1.54) is 5.56 Å². The summed E-state index contributed by atoms with van der Waals surface area (Å²) in [4.78, 5) is 38.5. The smallest absolute Gasteiger partial charge is 0.325 e. The minimum Gasteiger partial charge on any atom is -0.347 e.